The smallest absolute Gasteiger partial charge is 0.178 e. The molecular formula is C19H20FN3O3S. The number of ether oxygens (including phenoxy) is 1. The molecule has 3 aromatic rings. The standard InChI is InChI=1S/C19H20FN3O3S/c1-12-8-14(2-4-17(12)20)21-19-16-9-15(3-5-18(16)22-23-19)27(24,25)11-13-6-7-26-10-13/h2-5,8-9,13H,6-7,10-11H2,1H3,(H2,21,22,23)/t13-/m0/s1. The maximum absolute atomic E-state index is 13.5. The molecule has 8 heteroatoms. The van der Waals surface area contributed by atoms with E-state index in [1.807, 2.05) is 0 Å². The predicted octanol–water partition coefficient (Wildman–Crippen LogP) is 3.56. The van der Waals surface area contributed by atoms with Crippen LogP contribution in [0, 0.1) is 18.7 Å². The highest BCUT2D eigenvalue weighted by molar-refractivity contribution is 7.91. The molecular weight excluding hydrogens is 369 g/mol. The van der Waals surface area contributed by atoms with Crippen molar-refractivity contribution in [3.05, 3.63) is 47.8 Å². The minimum atomic E-state index is -3.41. The molecule has 0 spiro atoms. The highest BCUT2D eigenvalue weighted by atomic mass is 32.2. The lowest BCUT2D eigenvalue weighted by molar-refractivity contribution is 0.188. The molecule has 0 radical (unpaired) electrons. The van der Waals surface area contributed by atoms with Gasteiger partial charge >= 0.3 is 0 Å². The van der Waals surface area contributed by atoms with Gasteiger partial charge in [0.25, 0.3) is 0 Å². The number of nitrogens with one attached hydrogen (secondary N) is 2. The van der Waals surface area contributed by atoms with Crippen LogP contribution in [0.2, 0.25) is 0 Å². The van der Waals surface area contributed by atoms with Crippen LogP contribution in [0.4, 0.5) is 15.9 Å². The van der Waals surface area contributed by atoms with Gasteiger partial charge in [-0.15, -0.1) is 0 Å². The Labute approximate surface area is 156 Å². The Balaban J connectivity index is 1.65. The lowest BCUT2D eigenvalue weighted by Gasteiger charge is -2.09. The number of fused-ring (bicyclic) bond motifs is 1. The summed E-state index contributed by atoms with van der Waals surface area (Å²) in [5.41, 5.74) is 1.92. The van der Waals surface area contributed by atoms with Crippen LogP contribution in [0.5, 0.6) is 0 Å². The van der Waals surface area contributed by atoms with Gasteiger partial charge in [-0.2, -0.15) is 5.10 Å². The number of aromatic amines is 1. The SMILES string of the molecule is Cc1cc(Nc2n[nH]c3ccc(S(=O)(=O)C[C@H]4CCOC4)cc23)ccc1F. The fraction of sp³-hybridized carbons (Fsp3) is 0.316. The molecule has 27 heavy (non-hydrogen) atoms. The maximum Gasteiger partial charge on any atom is 0.178 e. The van der Waals surface area contributed by atoms with E-state index in [0.717, 1.165) is 11.9 Å². The number of hydrogen-bond donors (Lipinski definition) is 2. The largest absolute Gasteiger partial charge is 0.381 e. The first-order chi connectivity index (χ1) is 12.9. The van der Waals surface area contributed by atoms with Gasteiger partial charge in [-0.25, -0.2) is 12.8 Å². The Kier molecular flexibility index (Phi) is 4.61. The normalized spacial score (nSPS) is 17.5. The Morgan fingerprint density at radius 2 is 2.15 bits per heavy atom. The van der Waals surface area contributed by atoms with Crippen LogP contribution in [-0.4, -0.2) is 37.6 Å². The van der Waals surface area contributed by atoms with E-state index in [0.29, 0.717) is 35.7 Å². The van der Waals surface area contributed by atoms with Crippen molar-refractivity contribution in [1.29, 1.82) is 0 Å². The number of anilines is 2. The average Bonchev–Trinajstić information content (AvgIpc) is 3.27. The van der Waals surface area contributed by atoms with Gasteiger partial charge in [0.2, 0.25) is 0 Å². The molecule has 0 unspecified atom stereocenters. The summed E-state index contributed by atoms with van der Waals surface area (Å²) >= 11 is 0. The topological polar surface area (TPSA) is 84.1 Å². The van der Waals surface area contributed by atoms with E-state index in [4.69, 9.17) is 4.74 Å². The van der Waals surface area contributed by atoms with Crippen molar-refractivity contribution in [2.75, 3.05) is 24.3 Å². The van der Waals surface area contributed by atoms with E-state index in [1.165, 1.54) is 6.07 Å². The molecule has 2 N–H and O–H groups in total. The monoisotopic (exact) mass is 389 g/mol. The van der Waals surface area contributed by atoms with Crippen molar-refractivity contribution in [3.8, 4) is 0 Å². The van der Waals surface area contributed by atoms with Gasteiger partial charge in [-0.1, -0.05) is 0 Å². The van der Waals surface area contributed by atoms with Crippen molar-refractivity contribution in [1.82, 2.24) is 10.2 Å². The molecule has 1 aliphatic rings. The number of aryl methyl sites for hydroxylation is 1. The molecule has 1 saturated heterocycles. The number of sulfone groups is 1. The second kappa shape index (κ2) is 6.94. The van der Waals surface area contributed by atoms with Crippen molar-refractivity contribution < 1.29 is 17.5 Å². The first kappa shape index (κ1) is 17.9. The van der Waals surface area contributed by atoms with E-state index in [-0.39, 0.29) is 22.4 Å². The summed E-state index contributed by atoms with van der Waals surface area (Å²) in [5.74, 6) is 0.333. The number of benzene rings is 2. The molecule has 1 aliphatic heterocycles. The molecule has 142 valence electrons. The summed E-state index contributed by atoms with van der Waals surface area (Å²) in [6.45, 7) is 2.79. The predicted molar refractivity (Wildman–Crippen MR) is 101 cm³/mol. The Morgan fingerprint density at radius 3 is 2.89 bits per heavy atom. The first-order valence-corrected chi connectivity index (χ1v) is 10.4. The minimum Gasteiger partial charge on any atom is -0.381 e. The minimum absolute atomic E-state index is 0.0369. The van der Waals surface area contributed by atoms with Crippen LogP contribution >= 0.6 is 0 Å². The maximum atomic E-state index is 13.5. The van der Waals surface area contributed by atoms with Crippen LogP contribution in [0.1, 0.15) is 12.0 Å². The van der Waals surface area contributed by atoms with Gasteiger partial charge in [0.05, 0.1) is 22.8 Å². The highest BCUT2D eigenvalue weighted by Gasteiger charge is 2.25. The number of H-pyrrole nitrogens is 1. The number of halogens is 1. The van der Waals surface area contributed by atoms with E-state index in [1.54, 1.807) is 37.3 Å². The van der Waals surface area contributed by atoms with Crippen LogP contribution < -0.4 is 5.32 Å². The zero-order valence-corrected chi connectivity index (χ0v) is 15.6. The quantitative estimate of drug-likeness (QED) is 0.697. The second-order valence-corrected chi connectivity index (χ2v) is 8.91. The number of rotatable bonds is 5. The molecule has 4 rings (SSSR count). The van der Waals surface area contributed by atoms with Crippen molar-refractivity contribution in [3.63, 3.8) is 0 Å². The molecule has 1 aromatic heterocycles. The average molecular weight is 389 g/mol. The lowest BCUT2D eigenvalue weighted by Crippen LogP contribution is -2.16. The van der Waals surface area contributed by atoms with Crippen molar-refractivity contribution in [2.24, 2.45) is 5.92 Å². The summed E-state index contributed by atoms with van der Waals surface area (Å²) < 4.78 is 44.3. The number of hydrogen-bond acceptors (Lipinski definition) is 5. The Hall–Kier alpha value is -2.45. The molecule has 6 nitrogen and oxygen atoms in total. The number of aromatic nitrogens is 2. The third-order valence-electron chi connectivity index (χ3n) is 4.79. The lowest BCUT2D eigenvalue weighted by atomic mass is 10.2. The summed E-state index contributed by atoms with van der Waals surface area (Å²) in [7, 11) is -3.41. The van der Waals surface area contributed by atoms with E-state index < -0.39 is 9.84 Å². The summed E-state index contributed by atoms with van der Waals surface area (Å²) in [6, 6.07) is 9.60. The molecule has 0 bridgehead atoms. The first-order valence-electron chi connectivity index (χ1n) is 8.74. The second-order valence-electron chi connectivity index (χ2n) is 6.88. The van der Waals surface area contributed by atoms with Gasteiger partial charge < -0.3 is 10.1 Å². The molecule has 2 heterocycles. The molecule has 1 fully saturated rings. The van der Waals surface area contributed by atoms with E-state index in [9.17, 15) is 12.8 Å². The van der Waals surface area contributed by atoms with Crippen LogP contribution in [0.25, 0.3) is 10.9 Å². The third-order valence-corrected chi connectivity index (χ3v) is 6.68. The molecule has 1 atom stereocenters. The van der Waals surface area contributed by atoms with Gasteiger partial charge in [0.15, 0.2) is 15.7 Å². The third kappa shape index (κ3) is 3.68. The van der Waals surface area contributed by atoms with Crippen LogP contribution in [-0.2, 0) is 14.6 Å². The van der Waals surface area contributed by atoms with Crippen molar-refractivity contribution in [2.45, 2.75) is 18.2 Å². The van der Waals surface area contributed by atoms with E-state index >= 15 is 0 Å². The number of nitrogens with zero attached hydrogens (tertiary/aromatic N) is 1. The van der Waals surface area contributed by atoms with E-state index in [2.05, 4.69) is 15.5 Å². The van der Waals surface area contributed by atoms with Gasteiger partial charge in [-0.3, -0.25) is 5.10 Å². The summed E-state index contributed by atoms with van der Waals surface area (Å²) in [5, 5.41) is 10.9. The fourth-order valence-corrected chi connectivity index (χ4v) is 4.91. The van der Waals surface area contributed by atoms with Crippen LogP contribution in [0.15, 0.2) is 41.3 Å². The fourth-order valence-electron chi connectivity index (χ4n) is 3.26. The molecule has 0 aliphatic carbocycles. The van der Waals surface area contributed by atoms with Crippen LogP contribution in [0.3, 0.4) is 0 Å². The summed E-state index contributed by atoms with van der Waals surface area (Å²) in [4.78, 5) is 0.265. The molecule has 2 aromatic carbocycles. The van der Waals surface area contributed by atoms with Gasteiger partial charge in [-0.05, 0) is 61.2 Å². The summed E-state index contributed by atoms with van der Waals surface area (Å²) in [6.07, 6.45) is 0.768. The Morgan fingerprint density at radius 1 is 1.30 bits per heavy atom. The highest BCUT2D eigenvalue weighted by Crippen LogP contribution is 2.28. The van der Waals surface area contributed by atoms with Gasteiger partial charge in [0, 0.05) is 17.7 Å². The zero-order chi connectivity index (χ0) is 19.0. The van der Waals surface area contributed by atoms with Crippen molar-refractivity contribution >= 4 is 32.2 Å². The Bertz CT molecular complexity index is 1090. The van der Waals surface area contributed by atoms with Gasteiger partial charge in [0.1, 0.15) is 5.82 Å². The zero-order valence-electron chi connectivity index (χ0n) is 14.8. The molecule has 0 saturated carbocycles. The molecule has 0 amide bonds.